The van der Waals surface area contributed by atoms with E-state index >= 15 is 0 Å². The normalized spacial score (nSPS) is 24.2. The summed E-state index contributed by atoms with van der Waals surface area (Å²) in [6.45, 7) is 4.40. The quantitative estimate of drug-likeness (QED) is 0.834. The Bertz CT molecular complexity index is 642. The molecule has 2 saturated heterocycles. The van der Waals surface area contributed by atoms with Crippen molar-refractivity contribution in [1.82, 2.24) is 14.2 Å². The Labute approximate surface area is 143 Å². The molecule has 1 aromatic heterocycles. The fourth-order valence-corrected chi connectivity index (χ4v) is 4.68. The molecule has 2 fully saturated rings. The van der Waals surface area contributed by atoms with Crippen LogP contribution in [0.4, 0.5) is 5.82 Å². The van der Waals surface area contributed by atoms with Crippen LogP contribution >= 0.6 is 0 Å². The van der Waals surface area contributed by atoms with Crippen molar-refractivity contribution in [1.29, 1.82) is 0 Å². The Morgan fingerprint density at radius 2 is 1.96 bits per heavy atom. The zero-order valence-electron chi connectivity index (χ0n) is 14.1. The SMILES string of the molecule is CN1CCN(S(=O)(=O)c2ccc(N3CCC[C@H](CO)C3)nc2)CC1. The fraction of sp³-hybridized carbons (Fsp3) is 0.688. The zero-order chi connectivity index (χ0) is 17.2. The van der Waals surface area contributed by atoms with E-state index in [1.54, 1.807) is 12.1 Å². The molecule has 134 valence electrons. The Hall–Kier alpha value is -1.22. The van der Waals surface area contributed by atoms with Gasteiger partial charge in [-0.1, -0.05) is 0 Å². The number of piperazine rings is 1. The van der Waals surface area contributed by atoms with E-state index in [1.165, 1.54) is 10.5 Å². The molecule has 0 bridgehead atoms. The highest BCUT2D eigenvalue weighted by Crippen LogP contribution is 2.23. The van der Waals surface area contributed by atoms with Gasteiger partial charge in [0.15, 0.2) is 0 Å². The summed E-state index contributed by atoms with van der Waals surface area (Å²) in [5.74, 6) is 1.06. The Morgan fingerprint density at radius 3 is 2.58 bits per heavy atom. The molecule has 24 heavy (non-hydrogen) atoms. The van der Waals surface area contributed by atoms with Crippen LogP contribution in [0.25, 0.3) is 0 Å². The number of nitrogens with zero attached hydrogens (tertiary/aromatic N) is 4. The van der Waals surface area contributed by atoms with Crippen LogP contribution in [0.2, 0.25) is 0 Å². The topological polar surface area (TPSA) is 77.0 Å². The first-order valence-corrected chi connectivity index (χ1v) is 9.95. The molecule has 0 unspecified atom stereocenters. The lowest BCUT2D eigenvalue weighted by molar-refractivity contribution is 0.208. The predicted molar refractivity (Wildman–Crippen MR) is 92.5 cm³/mol. The number of aliphatic hydroxyl groups excluding tert-OH is 1. The van der Waals surface area contributed by atoms with Crippen LogP contribution in [0.3, 0.4) is 0 Å². The number of sulfonamides is 1. The molecule has 1 N–H and O–H groups in total. The van der Waals surface area contributed by atoms with Crippen molar-refractivity contribution in [3.05, 3.63) is 18.3 Å². The van der Waals surface area contributed by atoms with Gasteiger partial charge in [-0.15, -0.1) is 0 Å². The second kappa shape index (κ2) is 7.35. The van der Waals surface area contributed by atoms with Crippen molar-refractivity contribution in [2.75, 3.05) is 57.8 Å². The molecule has 3 heterocycles. The molecule has 3 rings (SSSR count). The summed E-state index contributed by atoms with van der Waals surface area (Å²) in [4.78, 5) is 8.88. The number of hydrogen-bond donors (Lipinski definition) is 1. The van der Waals surface area contributed by atoms with Gasteiger partial charge in [0.25, 0.3) is 0 Å². The largest absolute Gasteiger partial charge is 0.396 e. The molecule has 1 atom stereocenters. The molecule has 2 aliphatic rings. The molecular formula is C16H26N4O3S. The van der Waals surface area contributed by atoms with Crippen LogP contribution in [0.1, 0.15) is 12.8 Å². The van der Waals surface area contributed by atoms with E-state index in [-0.39, 0.29) is 17.4 Å². The van der Waals surface area contributed by atoms with Crippen LogP contribution < -0.4 is 4.90 Å². The smallest absolute Gasteiger partial charge is 0.244 e. The lowest BCUT2D eigenvalue weighted by Gasteiger charge is -2.33. The molecule has 0 radical (unpaired) electrons. The molecule has 7 nitrogen and oxygen atoms in total. The van der Waals surface area contributed by atoms with E-state index in [1.807, 2.05) is 7.05 Å². The molecule has 0 aromatic carbocycles. The number of anilines is 1. The number of aromatic nitrogens is 1. The number of aliphatic hydroxyl groups is 1. The van der Waals surface area contributed by atoms with Crippen LogP contribution in [0.5, 0.6) is 0 Å². The minimum Gasteiger partial charge on any atom is -0.396 e. The standard InChI is InChI=1S/C16H26N4O3S/c1-18-7-9-20(10-8-18)24(22,23)15-4-5-16(17-11-15)19-6-2-3-14(12-19)13-21/h4-5,11,14,21H,2-3,6-10,12-13H2,1H3/t14-/m0/s1. The van der Waals surface area contributed by atoms with Crippen molar-refractivity contribution in [3.63, 3.8) is 0 Å². The second-order valence-corrected chi connectivity index (χ2v) is 8.63. The van der Waals surface area contributed by atoms with Crippen molar-refractivity contribution < 1.29 is 13.5 Å². The van der Waals surface area contributed by atoms with Gasteiger partial charge in [0.05, 0.1) is 0 Å². The van der Waals surface area contributed by atoms with Crippen LogP contribution in [-0.2, 0) is 10.0 Å². The Morgan fingerprint density at radius 1 is 1.21 bits per heavy atom. The minimum atomic E-state index is -3.46. The highest BCUT2D eigenvalue weighted by Gasteiger charge is 2.28. The van der Waals surface area contributed by atoms with Crippen molar-refractivity contribution in [2.45, 2.75) is 17.7 Å². The molecule has 0 saturated carbocycles. The molecule has 1 aromatic rings. The van der Waals surface area contributed by atoms with Gasteiger partial charge in [-0.05, 0) is 37.9 Å². The number of hydrogen-bond acceptors (Lipinski definition) is 6. The maximum absolute atomic E-state index is 12.7. The van der Waals surface area contributed by atoms with Gasteiger partial charge >= 0.3 is 0 Å². The number of pyridine rings is 1. The average Bonchev–Trinajstić information content (AvgIpc) is 2.62. The molecule has 0 amide bonds. The van der Waals surface area contributed by atoms with Gasteiger partial charge in [-0.3, -0.25) is 0 Å². The Kier molecular flexibility index (Phi) is 5.39. The summed E-state index contributed by atoms with van der Waals surface area (Å²) in [7, 11) is -1.46. The Balaban J connectivity index is 1.72. The maximum Gasteiger partial charge on any atom is 0.244 e. The summed E-state index contributed by atoms with van der Waals surface area (Å²) in [5, 5.41) is 9.33. The average molecular weight is 354 g/mol. The summed E-state index contributed by atoms with van der Waals surface area (Å²) >= 11 is 0. The van der Waals surface area contributed by atoms with Crippen LogP contribution in [0, 0.1) is 5.92 Å². The molecular weight excluding hydrogens is 328 g/mol. The number of likely N-dealkylation sites (N-methyl/N-ethyl adjacent to an activating group) is 1. The lowest BCUT2D eigenvalue weighted by Crippen LogP contribution is -2.47. The highest BCUT2D eigenvalue weighted by molar-refractivity contribution is 7.89. The predicted octanol–water partition coefficient (Wildman–Crippen LogP) is 0.226. The van der Waals surface area contributed by atoms with E-state index in [2.05, 4.69) is 14.8 Å². The lowest BCUT2D eigenvalue weighted by atomic mass is 9.99. The first-order chi connectivity index (χ1) is 11.5. The van der Waals surface area contributed by atoms with Gasteiger partial charge in [-0.25, -0.2) is 13.4 Å². The van der Waals surface area contributed by atoms with Crippen LogP contribution in [0.15, 0.2) is 23.2 Å². The van der Waals surface area contributed by atoms with E-state index in [9.17, 15) is 13.5 Å². The molecule has 8 heteroatoms. The maximum atomic E-state index is 12.7. The van der Waals surface area contributed by atoms with E-state index in [4.69, 9.17) is 0 Å². The fourth-order valence-electron chi connectivity index (χ4n) is 3.31. The first-order valence-electron chi connectivity index (χ1n) is 8.51. The van der Waals surface area contributed by atoms with E-state index in [0.717, 1.165) is 44.8 Å². The highest BCUT2D eigenvalue weighted by atomic mass is 32.2. The summed E-state index contributed by atoms with van der Waals surface area (Å²) in [5.41, 5.74) is 0. The third kappa shape index (κ3) is 3.72. The van der Waals surface area contributed by atoms with Gasteiger partial charge in [0, 0.05) is 52.1 Å². The van der Waals surface area contributed by atoms with Crippen LogP contribution in [-0.4, -0.2) is 80.6 Å². The van der Waals surface area contributed by atoms with E-state index in [0.29, 0.717) is 13.1 Å². The zero-order valence-corrected chi connectivity index (χ0v) is 15.0. The van der Waals surface area contributed by atoms with Gasteiger partial charge in [0.2, 0.25) is 10.0 Å². The molecule has 0 aliphatic carbocycles. The molecule has 2 aliphatic heterocycles. The van der Waals surface area contributed by atoms with Gasteiger partial charge in [0.1, 0.15) is 10.7 Å². The summed E-state index contributed by atoms with van der Waals surface area (Å²) in [6.07, 6.45) is 3.52. The van der Waals surface area contributed by atoms with Gasteiger partial charge in [-0.2, -0.15) is 4.31 Å². The molecule has 0 spiro atoms. The van der Waals surface area contributed by atoms with E-state index < -0.39 is 10.0 Å². The van der Waals surface area contributed by atoms with Gasteiger partial charge < -0.3 is 14.9 Å². The monoisotopic (exact) mass is 354 g/mol. The number of piperidine rings is 1. The van der Waals surface area contributed by atoms with Crippen molar-refractivity contribution >= 4 is 15.8 Å². The third-order valence-corrected chi connectivity index (χ3v) is 6.80. The first kappa shape index (κ1) is 17.6. The summed E-state index contributed by atoms with van der Waals surface area (Å²) < 4.78 is 26.9. The van der Waals surface area contributed by atoms with Crippen molar-refractivity contribution in [3.8, 4) is 0 Å². The number of rotatable bonds is 4. The minimum absolute atomic E-state index is 0.187. The third-order valence-electron chi connectivity index (χ3n) is 4.92. The van der Waals surface area contributed by atoms with Crippen molar-refractivity contribution in [2.24, 2.45) is 5.92 Å². The second-order valence-electron chi connectivity index (χ2n) is 6.70. The summed E-state index contributed by atoms with van der Waals surface area (Å²) in [6, 6.07) is 3.43.